The lowest BCUT2D eigenvalue weighted by Crippen LogP contribution is -2.13. The van der Waals surface area contributed by atoms with Crippen LogP contribution < -0.4 is 5.32 Å². The van der Waals surface area contributed by atoms with Gasteiger partial charge in [0.05, 0.1) is 17.8 Å². The summed E-state index contributed by atoms with van der Waals surface area (Å²) in [6.45, 7) is 0. The lowest BCUT2D eigenvalue weighted by Gasteiger charge is -2.09. The Balaban J connectivity index is 1.75. The summed E-state index contributed by atoms with van der Waals surface area (Å²) < 4.78 is 30.5. The second-order valence-corrected chi connectivity index (χ2v) is 9.54. The summed E-state index contributed by atoms with van der Waals surface area (Å²) in [6.07, 6.45) is 0. The Hall–Kier alpha value is -2.32. The van der Waals surface area contributed by atoms with Crippen LogP contribution in [0.1, 0.15) is 15.9 Å². The number of amides is 1. The van der Waals surface area contributed by atoms with E-state index in [0.717, 1.165) is 4.90 Å². The molecule has 0 aliphatic heterocycles. The Morgan fingerprint density at radius 1 is 1.03 bits per heavy atom. The van der Waals surface area contributed by atoms with Crippen molar-refractivity contribution < 1.29 is 17.4 Å². The number of anilines is 1. The van der Waals surface area contributed by atoms with Crippen molar-refractivity contribution >= 4 is 45.1 Å². The fourth-order valence-electron chi connectivity index (χ4n) is 2.61. The van der Waals surface area contributed by atoms with Gasteiger partial charge < -0.3 is 9.50 Å². The van der Waals surface area contributed by atoms with Crippen LogP contribution in [0.5, 0.6) is 0 Å². The van der Waals surface area contributed by atoms with Gasteiger partial charge in [0, 0.05) is 33.2 Å². The molecule has 0 atom stereocenters. The number of rotatable bonds is 7. The predicted octanol–water partition coefficient (Wildman–Crippen LogP) is 5.22. The Morgan fingerprint density at radius 2 is 1.72 bits per heavy atom. The minimum atomic E-state index is -3.61. The molecule has 0 fully saturated rings. The third kappa shape index (κ3) is 5.83. The molecule has 0 saturated carbocycles. The summed E-state index contributed by atoms with van der Waals surface area (Å²) in [5, 5.41) is 3.30. The number of carbonyl (C=O) groups excluding carboxylic acids is 1. The highest BCUT2D eigenvalue weighted by Crippen LogP contribution is 2.22. The fourth-order valence-corrected chi connectivity index (χ4v) is 4.56. The maximum atomic E-state index is 12.7. The summed E-state index contributed by atoms with van der Waals surface area (Å²) in [7, 11) is -2.03. The topological polar surface area (TPSA) is 72.5 Å². The van der Waals surface area contributed by atoms with Crippen LogP contribution in [0.25, 0.3) is 0 Å². The van der Waals surface area contributed by atoms with Crippen molar-refractivity contribution in [1.29, 1.82) is 0 Å². The zero-order valence-electron chi connectivity index (χ0n) is 15.5. The summed E-state index contributed by atoms with van der Waals surface area (Å²) in [5.41, 5.74) is 1.49. The largest absolute Gasteiger partial charge is 0.322 e. The molecule has 1 N–H and O–H groups in total. The molecular weight excluding hydrogens is 430 g/mol. The molecule has 0 aromatic heterocycles. The highest BCUT2D eigenvalue weighted by molar-refractivity contribution is 7.94. The molecule has 3 aromatic carbocycles. The van der Waals surface area contributed by atoms with Crippen molar-refractivity contribution in [2.75, 3.05) is 12.4 Å². The molecule has 3 rings (SSSR count). The Labute approximate surface area is 179 Å². The second-order valence-electron chi connectivity index (χ2n) is 6.14. The number of sulfone groups is 1. The van der Waals surface area contributed by atoms with Crippen LogP contribution in [0.3, 0.4) is 0 Å². The summed E-state index contributed by atoms with van der Waals surface area (Å²) in [4.78, 5) is 13.5. The standard InChI is InChI=1S/C21H18ClNO4S2/c1-27-28-19-11-9-18(10-12-19)23-21(24)16-3-2-4-20(13-16)29(25,26)14-15-5-7-17(22)8-6-15/h2-13H,14H2,1H3,(H,23,24). The van der Waals surface area contributed by atoms with Crippen molar-refractivity contribution in [2.45, 2.75) is 15.5 Å². The maximum absolute atomic E-state index is 12.7. The van der Waals surface area contributed by atoms with Gasteiger partial charge >= 0.3 is 0 Å². The van der Waals surface area contributed by atoms with Gasteiger partial charge in [0.1, 0.15) is 0 Å². The van der Waals surface area contributed by atoms with E-state index in [4.69, 9.17) is 15.8 Å². The van der Waals surface area contributed by atoms with Crippen LogP contribution >= 0.6 is 23.6 Å². The molecule has 8 heteroatoms. The molecule has 0 bridgehead atoms. The first-order valence-corrected chi connectivity index (χ1v) is 11.3. The van der Waals surface area contributed by atoms with Gasteiger partial charge in [-0.1, -0.05) is 29.8 Å². The van der Waals surface area contributed by atoms with E-state index in [1.807, 2.05) is 12.1 Å². The maximum Gasteiger partial charge on any atom is 0.255 e. The van der Waals surface area contributed by atoms with E-state index in [1.54, 1.807) is 55.6 Å². The summed E-state index contributed by atoms with van der Waals surface area (Å²) >= 11 is 7.06. The average molecular weight is 448 g/mol. The molecule has 0 radical (unpaired) electrons. The number of hydrogen-bond acceptors (Lipinski definition) is 5. The molecule has 0 heterocycles. The minimum Gasteiger partial charge on any atom is -0.322 e. The molecule has 0 spiro atoms. The Morgan fingerprint density at radius 3 is 2.38 bits per heavy atom. The average Bonchev–Trinajstić information content (AvgIpc) is 2.71. The van der Waals surface area contributed by atoms with Gasteiger partial charge in [-0.25, -0.2) is 8.42 Å². The molecule has 0 aliphatic rings. The van der Waals surface area contributed by atoms with E-state index in [1.165, 1.54) is 24.2 Å². The van der Waals surface area contributed by atoms with Crippen molar-refractivity contribution in [3.63, 3.8) is 0 Å². The van der Waals surface area contributed by atoms with Crippen LogP contribution in [0, 0.1) is 0 Å². The molecule has 0 aliphatic carbocycles. The first kappa shape index (κ1) is 21.4. The van der Waals surface area contributed by atoms with E-state index in [0.29, 0.717) is 16.3 Å². The van der Waals surface area contributed by atoms with E-state index < -0.39 is 9.84 Å². The lowest BCUT2D eigenvalue weighted by atomic mass is 10.2. The van der Waals surface area contributed by atoms with E-state index >= 15 is 0 Å². The monoisotopic (exact) mass is 447 g/mol. The normalized spacial score (nSPS) is 11.2. The van der Waals surface area contributed by atoms with Crippen LogP contribution in [0.4, 0.5) is 5.69 Å². The van der Waals surface area contributed by atoms with Crippen molar-refractivity contribution in [1.82, 2.24) is 0 Å². The predicted molar refractivity (Wildman–Crippen MR) is 116 cm³/mol. The van der Waals surface area contributed by atoms with Crippen LogP contribution in [0.15, 0.2) is 82.6 Å². The SMILES string of the molecule is COSc1ccc(NC(=O)c2cccc(S(=O)(=O)Cc3ccc(Cl)cc3)c2)cc1. The van der Waals surface area contributed by atoms with Gasteiger partial charge in [0.15, 0.2) is 9.84 Å². The van der Waals surface area contributed by atoms with Crippen molar-refractivity contribution in [3.05, 3.63) is 88.9 Å². The van der Waals surface area contributed by atoms with Crippen LogP contribution in [-0.2, 0) is 19.8 Å². The quantitative estimate of drug-likeness (QED) is 0.502. The summed E-state index contributed by atoms with van der Waals surface area (Å²) in [6, 6.07) is 19.8. The van der Waals surface area contributed by atoms with Crippen LogP contribution in [0.2, 0.25) is 5.02 Å². The van der Waals surface area contributed by atoms with Gasteiger partial charge in [0.2, 0.25) is 0 Å². The number of halogens is 1. The molecule has 0 unspecified atom stereocenters. The van der Waals surface area contributed by atoms with Gasteiger partial charge in [-0.2, -0.15) is 0 Å². The first-order valence-electron chi connectivity index (χ1n) is 8.57. The summed E-state index contributed by atoms with van der Waals surface area (Å²) in [5.74, 6) is -0.561. The van der Waals surface area contributed by atoms with Gasteiger partial charge in [-0.15, -0.1) is 0 Å². The third-order valence-corrected chi connectivity index (χ3v) is 6.59. The molecular formula is C21H18ClNO4S2. The number of benzene rings is 3. The van der Waals surface area contributed by atoms with Gasteiger partial charge in [-0.05, 0) is 60.2 Å². The molecule has 0 saturated heterocycles. The van der Waals surface area contributed by atoms with E-state index in [9.17, 15) is 13.2 Å². The zero-order valence-corrected chi connectivity index (χ0v) is 17.9. The van der Waals surface area contributed by atoms with E-state index in [-0.39, 0.29) is 22.1 Å². The lowest BCUT2D eigenvalue weighted by molar-refractivity contribution is 0.102. The first-order chi connectivity index (χ1) is 13.9. The number of nitrogens with one attached hydrogen (secondary N) is 1. The number of carbonyl (C=O) groups is 1. The molecule has 150 valence electrons. The molecule has 29 heavy (non-hydrogen) atoms. The Bertz CT molecular complexity index is 1100. The fraction of sp³-hybridized carbons (Fsp3) is 0.0952. The second kappa shape index (κ2) is 9.45. The van der Waals surface area contributed by atoms with Gasteiger partial charge in [0.25, 0.3) is 5.91 Å². The van der Waals surface area contributed by atoms with E-state index in [2.05, 4.69) is 5.32 Å². The number of hydrogen-bond donors (Lipinski definition) is 1. The highest BCUT2D eigenvalue weighted by atomic mass is 35.5. The van der Waals surface area contributed by atoms with Crippen molar-refractivity contribution in [2.24, 2.45) is 0 Å². The molecule has 5 nitrogen and oxygen atoms in total. The van der Waals surface area contributed by atoms with Gasteiger partial charge in [-0.3, -0.25) is 4.79 Å². The molecule has 3 aromatic rings. The highest BCUT2D eigenvalue weighted by Gasteiger charge is 2.17. The Kier molecular flexibility index (Phi) is 6.97. The van der Waals surface area contributed by atoms with Crippen LogP contribution in [-0.4, -0.2) is 21.4 Å². The van der Waals surface area contributed by atoms with Crippen molar-refractivity contribution in [3.8, 4) is 0 Å². The minimum absolute atomic E-state index is 0.0898. The smallest absolute Gasteiger partial charge is 0.255 e. The molecule has 1 amide bonds. The zero-order chi connectivity index (χ0) is 20.9. The third-order valence-electron chi connectivity index (χ3n) is 4.02.